The highest BCUT2D eigenvalue weighted by molar-refractivity contribution is 6.29. The van der Waals surface area contributed by atoms with Gasteiger partial charge in [0, 0.05) is 6.61 Å². The van der Waals surface area contributed by atoms with Crippen LogP contribution >= 0.6 is 11.6 Å². The van der Waals surface area contributed by atoms with Crippen LogP contribution in [0.15, 0.2) is 6.07 Å². The Morgan fingerprint density at radius 3 is 2.61 bits per heavy atom. The second-order valence-corrected chi connectivity index (χ2v) is 7.55. The van der Waals surface area contributed by atoms with E-state index in [0.717, 1.165) is 43.4 Å². The van der Waals surface area contributed by atoms with Crippen LogP contribution in [0.5, 0.6) is 0 Å². The Kier molecular flexibility index (Phi) is 6.04. The number of hydrogen-bond acceptors (Lipinski definition) is 4. The van der Waals surface area contributed by atoms with E-state index in [1.807, 2.05) is 26.8 Å². The lowest BCUT2D eigenvalue weighted by atomic mass is 9.99. The zero-order chi connectivity index (χ0) is 17.0. The summed E-state index contributed by atoms with van der Waals surface area (Å²) in [5, 5.41) is 9.33. The van der Waals surface area contributed by atoms with Gasteiger partial charge in [-0.25, -0.2) is 9.78 Å². The molecule has 128 valence electrons. The number of unbranched alkanes of at least 4 members (excludes halogenated alkanes) is 2. The molecule has 23 heavy (non-hydrogen) atoms. The summed E-state index contributed by atoms with van der Waals surface area (Å²) < 4.78 is 5.59. The van der Waals surface area contributed by atoms with Gasteiger partial charge < -0.3 is 9.84 Å². The van der Waals surface area contributed by atoms with Crippen LogP contribution in [0, 0.1) is 0 Å². The molecule has 0 radical (unpaired) electrons. The Balaban J connectivity index is 2.29. The first-order chi connectivity index (χ1) is 10.8. The Hall–Kier alpha value is -1.13. The van der Waals surface area contributed by atoms with E-state index in [-0.39, 0.29) is 12.6 Å². The van der Waals surface area contributed by atoms with E-state index >= 15 is 0 Å². The second-order valence-electron chi connectivity index (χ2n) is 7.17. The number of rotatable bonds is 7. The average Bonchev–Trinajstić information content (AvgIpc) is 3.25. The molecular weight excluding hydrogens is 314 g/mol. The Morgan fingerprint density at radius 1 is 1.35 bits per heavy atom. The zero-order valence-electron chi connectivity index (χ0n) is 14.2. The summed E-state index contributed by atoms with van der Waals surface area (Å²) >= 11 is 6.17. The number of carbonyl (C=O) groups excluding carboxylic acids is 1. The van der Waals surface area contributed by atoms with E-state index in [0.29, 0.717) is 23.1 Å². The van der Waals surface area contributed by atoms with Crippen molar-refractivity contribution >= 4 is 17.6 Å². The summed E-state index contributed by atoms with van der Waals surface area (Å²) in [7, 11) is 0. The van der Waals surface area contributed by atoms with Crippen LogP contribution in [0.2, 0.25) is 5.15 Å². The summed E-state index contributed by atoms with van der Waals surface area (Å²) in [5.74, 6) is 0.0925. The highest BCUT2D eigenvalue weighted by atomic mass is 35.5. The molecule has 0 spiro atoms. The van der Waals surface area contributed by atoms with Crippen molar-refractivity contribution in [2.45, 2.75) is 70.8 Å². The van der Waals surface area contributed by atoms with Crippen molar-refractivity contribution in [2.24, 2.45) is 0 Å². The first kappa shape index (κ1) is 18.2. The lowest BCUT2D eigenvalue weighted by Gasteiger charge is -2.22. The van der Waals surface area contributed by atoms with E-state index in [4.69, 9.17) is 21.4 Å². The molecule has 2 rings (SSSR count). The van der Waals surface area contributed by atoms with Crippen LogP contribution < -0.4 is 0 Å². The number of aliphatic hydroxyl groups excluding tert-OH is 1. The smallest absolute Gasteiger partial charge is 0.340 e. The van der Waals surface area contributed by atoms with Crippen LogP contribution in [-0.4, -0.2) is 28.3 Å². The average molecular weight is 340 g/mol. The van der Waals surface area contributed by atoms with Gasteiger partial charge in [-0.1, -0.05) is 18.0 Å². The van der Waals surface area contributed by atoms with Crippen LogP contribution in [0.3, 0.4) is 0 Å². The molecule has 0 bridgehead atoms. The maximum atomic E-state index is 12.7. The lowest BCUT2D eigenvalue weighted by Crippen LogP contribution is -2.25. The monoisotopic (exact) mass is 339 g/mol. The number of ether oxygens (including phenoxy) is 1. The normalized spacial score (nSPS) is 14.8. The van der Waals surface area contributed by atoms with E-state index in [1.165, 1.54) is 0 Å². The Labute approximate surface area is 143 Å². The number of esters is 1. The van der Waals surface area contributed by atoms with Crippen LogP contribution in [-0.2, 0) is 11.2 Å². The van der Waals surface area contributed by atoms with Crippen molar-refractivity contribution in [1.29, 1.82) is 0 Å². The number of aliphatic hydroxyl groups is 1. The minimum atomic E-state index is -0.536. The quantitative estimate of drug-likeness (QED) is 0.458. The molecule has 1 aliphatic carbocycles. The first-order valence-corrected chi connectivity index (χ1v) is 8.73. The van der Waals surface area contributed by atoms with Gasteiger partial charge in [-0.3, -0.25) is 0 Å². The minimum Gasteiger partial charge on any atom is -0.456 e. The van der Waals surface area contributed by atoms with E-state index in [1.54, 1.807) is 0 Å². The topological polar surface area (TPSA) is 59.4 Å². The fraction of sp³-hybridized carbons (Fsp3) is 0.667. The third-order valence-corrected chi connectivity index (χ3v) is 3.98. The standard InChI is InChI=1S/C18H26ClNO3/c1-18(2,3)23-17(22)16-13(12-8-9-12)11-15(19)20-14(16)7-5-4-6-10-21/h11-12,21H,4-10H2,1-3H3. The van der Waals surface area contributed by atoms with Gasteiger partial charge in [0.05, 0.1) is 11.3 Å². The molecule has 1 aromatic heterocycles. The number of hydrogen-bond donors (Lipinski definition) is 1. The molecule has 1 aliphatic rings. The summed E-state index contributed by atoms with van der Waals surface area (Å²) in [6, 6.07) is 1.82. The number of aromatic nitrogens is 1. The Morgan fingerprint density at radius 2 is 2.04 bits per heavy atom. The largest absolute Gasteiger partial charge is 0.456 e. The molecule has 0 saturated heterocycles. The van der Waals surface area contributed by atoms with Gasteiger partial charge in [-0.15, -0.1) is 0 Å². The van der Waals surface area contributed by atoms with Crippen LogP contribution in [0.4, 0.5) is 0 Å². The summed E-state index contributed by atoms with van der Waals surface area (Å²) in [4.78, 5) is 17.1. The molecule has 0 amide bonds. The van der Waals surface area contributed by atoms with Crippen molar-refractivity contribution in [3.8, 4) is 0 Å². The predicted octanol–water partition coefficient (Wildman–Crippen LogP) is 4.27. The predicted molar refractivity (Wildman–Crippen MR) is 91.0 cm³/mol. The summed E-state index contributed by atoms with van der Waals surface area (Å²) in [6.45, 7) is 5.79. The number of pyridine rings is 1. The van der Waals surface area contributed by atoms with Gasteiger partial charge in [0.1, 0.15) is 10.8 Å². The van der Waals surface area contributed by atoms with Crippen LogP contribution in [0.25, 0.3) is 0 Å². The summed E-state index contributed by atoms with van der Waals surface area (Å²) in [6.07, 6.45) is 5.37. The van der Waals surface area contributed by atoms with Gasteiger partial charge in [0.25, 0.3) is 0 Å². The Bertz CT molecular complexity index is 562. The molecule has 0 aromatic carbocycles. The number of halogens is 1. The van der Waals surface area contributed by atoms with Gasteiger partial charge in [0.15, 0.2) is 0 Å². The molecule has 1 aromatic rings. The number of carbonyl (C=O) groups is 1. The van der Waals surface area contributed by atoms with Crippen molar-refractivity contribution in [1.82, 2.24) is 4.98 Å². The molecule has 1 N–H and O–H groups in total. The fourth-order valence-corrected chi connectivity index (χ4v) is 2.85. The zero-order valence-corrected chi connectivity index (χ0v) is 14.9. The molecule has 1 heterocycles. The van der Waals surface area contributed by atoms with E-state index in [2.05, 4.69) is 4.98 Å². The SMILES string of the molecule is CC(C)(C)OC(=O)c1c(C2CC2)cc(Cl)nc1CCCCCO. The van der Waals surface area contributed by atoms with E-state index < -0.39 is 5.60 Å². The fourth-order valence-electron chi connectivity index (χ4n) is 2.63. The van der Waals surface area contributed by atoms with Crippen molar-refractivity contribution in [3.63, 3.8) is 0 Å². The van der Waals surface area contributed by atoms with Gasteiger partial charge >= 0.3 is 5.97 Å². The third-order valence-electron chi connectivity index (χ3n) is 3.79. The molecule has 0 atom stereocenters. The minimum absolute atomic E-state index is 0.190. The maximum absolute atomic E-state index is 12.7. The molecule has 1 saturated carbocycles. The number of aryl methyl sites for hydroxylation is 1. The van der Waals surface area contributed by atoms with Gasteiger partial charge in [-0.05, 0) is 70.4 Å². The molecule has 0 unspecified atom stereocenters. The molecule has 4 nitrogen and oxygen atoms in total. The molecule has 5 heteroatoms. The van der Waals surface area contributed by atoms with Gasteiger partial charge in [-0.2, -0.15) is 0 Å². The van der Waals surface area contributed by atoms with Gasteiger partial charge in [0.2, 0.25) is 0 Å². The summed E-state index contributed by atoms with van der Waals surface area (Å²) in [5.41, 5.74) is 1.78. The highest BCUT2D eigenvalue weighted by Gasteiger charge is 2.32. The molecular formula is C18H26ClNO3. The van der Waals surface area contributed by atoms with Crippen LogP contribution in [0.1, 0.15) is 80.4 Å². The highest BCUT2D eigenvalue weighted by Crippen LogP contribution is 2.43. The third kappa shape index (κ3) is 5.47. The lowest BCUT2D eigenvalue weighted by molar-refractivity contribution is 0.00664. The van der Waals surface area contributed by atoms with Crippen molar-refractivity contribution in [3.05, 3.63) is 28.0 Å². The van der Waals surface area contributed by atoms with Crippen molar-refractivity contribution in [2.75, 3.05) is 6.61 Å². The van der Waals surface area contributed by atoms with Crippen molar-refractivity contribution < 1.29 is 14.6 Å². The van der Waals surface area contributed by atoms with E-state index in [9.17, 15) is 4.79 Å². The molecule has 1 fully saturated rings. The number of nitrogens with zero attached hydrogens (tertiary/aromatic N) is 1. The second kappa shape index (κ2) is 7.63. The molecule has 0 aliphatic heterocycles. The maximum Gasteiger partial charge on any atom is 0.340 e. The first-order valence-electron chi connectivity index (χ1n) is 8.35.